The summed E-state index contributed by atoms with van der Waals surface area (Å²) < 4.78 is 27.0. The Morgan fingerprint density at radius 2 is 2.05 bits per heavy atom. The van der Waals surface area contributed by atoms with E-state index in [1.54, 1.807) is 4.90 Å². The fourth-order valence-corrected chi connectivity index (χ4v) is 8.75. The Balaban J connectivity index is 1.22. The number of nitrogens with zero attached hydrogens (tertiary/aromatic N) is 6. The molecule has 1 aromatic heterocycles. The van der Waals surface area contributed by atoms with Crippen molar-refractivity contribution in [3.63, 3.8) is 0 Å². The second kappa shape index (κ2) is 12.2. The number of likely N-dealkylation sites (tertiary alicyclic amines) is 1. The number of nitrogens with one attached hydrogen (secondary N) is 2. The number of hydrogen-bond acceptors (Lipinski definition) is 12. The topological polar surface area (TPSA) is 223 Å². The molecule has 0 radical (unpaired) electrons. The highest BCUT2D eigenvalue weighted by molar-refractivity contribution is 8.03. The van der Waals surface area contributed by atoms with Crippen LogP contribution in [0, 0.1) is 17.8 Å². The number of rotatable bonds is 12. The van der Waals surface area contributed by atoms with E-state index in [1.807, 2.05) is 13.8 Å². The third-order valence-corrected chi connectivity index (χ3v) is 10.9. The largest absolute Gasteiger partial charge is 0.477 e. The van der Waals surface area contributed by atoms with Gasteiger partial charge in [-0.3, -0.25) is 14.4 Å². The summed E-state index contributed by atoms with van der Waals surface area (Å²) in [6.45, 7) is 4.60. The Morgan fingerprint density at radius 1 is 1.30 bits per heavy atom. The van der Waals surface area contributed by atoms with E-state index in [4.69, 9.17) is 5.73 Å². The van der Waals surface area contributed by atoms with Crippen molar-refractivity contribution >= 4 is 45.4 Å². The molecule has 3 saturated heterocycles. The first kappa shape index (κ1) is 31.5. The van der Waals surface area contributed by atoms with Crippen LogP contribution in [-0.4, -0.2) is 122 Å². The third kappa shape index (κ3) is 6.47. The van der Waals surface area contributed by atoms with Crippen LogP contribution in [0.5, 0.6) is 0 Å². The van der Waals surface area contributed by atoms with Crippen LogP contribution < -0.4 is 15.8 Å². The Kier molecular flexibility index (Phi) is 8.95. The minimum absolute atomic E-state index is 0.00515. The van der Waals surface area contributed by atoms with Gasteiger partial charge in [0.15, 0.2) is 5.78 Å². The molecule has 4 aliphatic heterocycles. The minimum Gasteiger partial charge on any atom is -0.477 e. The number of sulfonamides is 1. The number of hydrogen-bond donors (Lipinski definition) is 4. The predicted octanol–water partition coefficient (Wildman–Crippen LogP) is -2.02. The zero-order chi connectivity index (χ0) is 31.2. The molecule has 5 heterocycles. The summed E-state index contributed by atoms with van der Waals surface area (Å²) in [4.78, 5) is 55.2. The molecule has 0 aromatic carbocycles. The van der Waals surface area contributed by atoms with E-state index in [1.165, 1.54) is 27.7 Å². The number of fused-ring (bicyclic) bond motifs is 1. The van der Waals surface area contributed by atoms with Gasteiger partial charge in [-0.05, 0) is 29.2 Å². The van der Waals surface area contributed by atoms with Gasteiger partial charge in [0.25, 0.3) is 0 Å². The fourth-order valence-electron chi connectivity index (χ4n) is 6.78. The molecule has 0 bridgehead atoms. The highest BCUT2D eigenvalue weighted by Crippen LogP contribution is 2.53. The van der Waals surface area contributed by atoms with Gasteiger partial charge in [-0.1, -0.05) is 13.8 Å². The third-order valence-electron chi connectivity index (χ3n) is 8.68. The summed E-state index contributed by atoms with van der Waals surface area (Å²) in [5.74, 6) is -2.82. The van der Waals surface area contributed by atoms with Crippen molar-refractivity contribution in [3.8, 4) is 0 Å². The molecule has 0 saturated carbocycles. The van der Waals surface area contributed by atoms with Gasteiger partial charge in [0.1, 0.15) is 18.6 Å². The maximum atomic E-state index is 13.4. The number of carboxylic acids is 1. The molecule has 0 unspecified atom stereocenters. The summed E-state index contributed by atoms with van der Waals surface area (Å²) in [6, 6.07) is -1.49. The number of carboxylic acid groups (broad SMARTS) is 1. The number of ketones is 1. The van der Waals surface area contributed by atoms with E-state index in [0.29, 0.717) is 30.8 Å². The van der Waals surface area contributed by atoms with E-state index in [0.717, 1.165) is 6.26 Å². The molecule has 2 amide bonds. The lowest BCUT2D eigenvalue weighted by molar-refractivity contribution is -0.160. The number of tetrazole rings is 1. The quantitative estimate of drug-likeness (QED) is 0.182. The van der Waals surface area contributed by atoms with Crippen molar-refractivity contribution in [2.75, 3.05) is 25.9 Å². The fraction of sp³-hybridized carbons (Fsp3) is 0.720. The van der Waals surface area contributed by atoms with Gasteiger partial charge in [0.2, 0.25) is 21.8 Å². The number of nitrogens with two attached hydrogens (primary N) is 1. The van der Waals surface area contributed by atoms with Crippen LogP contribution in [0.3, 0.4) is 0 Å². The Morgan fingerprint density at radius 3 is 2.70 bits per heavy atom. The summed E-state index contributed by atoms with van der Waals surface area (Å²) >= 11 is 1.38. The zero-order valence-corrected chi connectivity index (χ0v) is 25.8. The summed E-state index contributed by atoms with van der Waals surface area (Å²) in [6.07, 6.45) is 3.47. The van der Waals surface area contributed by atoms with Crippen LogP contribution in [-0.2, 0) is 35.7 Å². The van der Waals surface area contributed by atoms with Gasteiger partial charge >= 0.3 is 5.97 Å². The maximum absolute atomic E-state index is 13.4. The van der Waals surface area contributed by atoms with Gasteiger partial charge in [0, 0.05) is 54.2 Å². The molecular formula is C25H37N9O7S2. The summed E-state index contributed by atoms with van der Waals surface area (Å²) in [5, 5.41) is 24.0. The first-order valence-corrected chi connectivity index (χ1v) is 17.0. The lowest BCUT2D eigenvalue weighted by Gasteiger charge is -2.47. The molecular weight excluding hydrogens is 602 g/mol. The standard InChI is InChI=1S/C25H37N9O7S2/c1-12(4-16(35)10-32-11-28-30-31-32)19-20-13(2)22(21(25(38)39)34(20)24(19)37)42-17-6-18(27-8-17)23(36)33-9-14(26)5-15(33)7-29-43(3,40)41/h11-15,17-20,27,29H,4-10,26H2,1-3H3,(H,38,39)/t12-,13+,14-,15-,17-,18-,19+,20+/m0/s1. The molecule has 0 spiro atoms. The monoisotopic (exact) mass is 639 g/mol. The molecule has 8 atom stereocenters. The van der Waals surface area contributed by atoms with Crippen molar-refractivity contribution in [3.05, 3.63) is 16.9 Å². The number of thioether (sulfide) groups is 1. The number of Topliss-reactive ketones (excluding diaryl/α,β-unsaturated/α-hetero) is 1. The maximum Gasteiger partial charge on any atom is 0.353 e. The molecule has 236 valence electrons. The van der Waals surface area contributed by atoms with Crippen LogP contribution in [0.25, 0.3) is 0 Å². The van der Waals surface area contributed by atoms with E-state index in [-0.39, 0.29) is 78.0 Å². The lowest BCUT2D eigenvalue weighted by atomic mass is 9.73. The average molecular weight is 640 g/mol. The Bertz CT molecular complexity index is 1420. The van der Waals surface area contributed by atoms with Crippen molar-refractivity contribution in [1.82, 2.24) is 40.0 Å². The lowest BCUT2D eigenvalue weighted by Crippen LogP contribution is -2.62. The van der Waals surface area contributed by atoms with Gasteiger partial charge in [-0.25, -0.2) is 22.6 Å². The van der Waals surface area contributed by atoms with Gasteiger partial charge in [0.05, 0.1) is 24.3 Å². The predicted molar refractivity (Wildman–Crippen MR) is 153 cm³/mol. The molecule has 18 heteroatoms. The average Bonchev–Trinajstić information content (AvgIpc) is 3.70. The number of β-lactam (4-membered cyclic amide) rings is 1. The highest BCUT2D eigenvalue weighted by Gasteiger charge is 2.60. The zero-order valence-electron chi connectivity index (χ0n) is 24.1. The Hall–Kier alpha value is -2.93. The van der Waals surface area contributed by atoms with Crippen molar-refractivity contribution < 1.29 is 32.7 Å². The molecule has 16 nitrogen and oxygen atoms in total. The van der Waals surface area contributed by atoms with Crippen LogP contribution in [0.15, 0.2) is 16.9 Å². The second-order valence-corrected chi connectivity index (χ2v) is 15.1. The summed E-state index contributed by atoms with van der Waals surface area (Å²) in [7, 11) is -3.42. The normalized spacial score (nSPS) is 31.3. The molecule has 1 aromatic rings. The first-order valence-electron chi connectivity index (χ1n) is 14.2. The second-order valence-electron chi connectivity index (χ2n) is 12.0. The van der Waals surface area contributed by atoms with E-state index in [9.17, 15) is 32.7 Å². The minimum atomic E-state index is -3.42. The molecule has 4 aliphatic rings. The molecule has 3 fully saturated rings. The molecule has 5 rings (SSSR count). The van der Waals surface area contributed by atoms with Crippen LogP contribution >= 0.6 is 11.8 Å². The van der Waals surface area contributed by atoms with E-state index >= 15 is 0 Å². The van der Waals surface area contributed by atoms with E-state index in [2.05, 4.69) is 25.6 Å². The van der Waals surface area contributed by atoms with Crippen LogP contribution in [0.4, 0.5) is 0 Å². The van der Waals surface area contributed by atoms with Crippen LogP contribution in [0.1, 0.15) is 33.1 Å². The number of amides is 2. The van der Waals surface area contributed by atoms with Gasteiger partial charge < -0.3 is 26.0 Å². The number of aromatic nitrogens is 4. The number of aliphatic carboxylic acids is 1. The smallest absolute Gasteiger partial charge is 0.353 e. The van der Waals surface area contributed by atoms with Crippen molar-refractivity contribution in [2.45, 2.75) is 69.1 Å². The number of carbonyl (C=O) groups excluding carboxylic acids is 3. The van der Waals surface area contributed by atoms with Crippen molar-refractivity contribution in [2.24, 2.45) is 23.5 Å². The Labute approximate surface area is 253 Å². The van der Waals surface area contributed by atoms with Crippen LogP contribution in [0.2, 0.25) is 0 Å². The highest BCUT2D eigenvalue weighted by atomic mass is 32.2. The molecule has 5 N–H and O–H groups in total. The summed E-state index contributed by atoms with van der Waals surface area (Å²) in [5.41, 5.74) is 6.08. The van der Waals surface area contributed by atoms with E-state index < -0.39 is 28.0 Å². The van der Waals surface area contributed by atoms with Gasteiger partial charge in [-0.2, -0.15) is 0 Å². The van der Waals surface area contributed by atoms with Crippen molar-refractivity contribution in [1.29, 1.82) is 0 Å². The first-order chi connectivity index (χ1) is 20.2. The number of carbonyl (C=O) groups is 4. The SMILES string of the molecule is C[C@@H](CC(=O)Cn1cnnn1)[C@H]1C(=O)N2C(C(=O)O)=C(S[C@@H]3CN[C@H](C(=O)N4C[C@@H](N)C[C@H]4CNS(C)(=O)=O)C3)[C@H](C)[C@H]12. The van der Waals surface area contributed by atoms with Gasteiger partial charge in [-0.15, -0.1) is 16.9 Å². The molecule has 43 heavy (non-hydrogen) atoms. The molecule has 0 aliphatic carbocycles.